The number of aryl methyl sites for hydroxylation is 3. The molecule has 28 heavy (non-hydrogen) atoms. The summed E-state index contributed by atoms with van der Waals surface area (Å²) in [5.74, 6) is 0.885. The second-order valence-electron chi connectivity index (χ2n) is 7.30. The molecule has 3 aromatic rings. The summed E-state index contributed by atoms with van der Waals surface area (Å²) in [6, 6.07) is 1.90. The van der Waals surface area contributed by atoms with Gasteiger partial charge in [-0.05, 0) is 44.6 Å². The minimum Gasteiger partial charge on any atom is -0.355 e. The van der Waals surface area contributed by atoms with Crippen molar-refractivity contribution in [3.8, 4) is 10.6 Å². The van der Waals surface area contributed by atoms with Crippen LogP contribution in [0.25, 0.3) is 10.6 Å². The van der Waals surface area contributed by atoms with E-state index in [0.717, 1.165) is 54.3 Å². The normalized spacial score (nSPS) is 17.2. The van der Waals surface area contributed by atoms with Crippen LogP contribution in [0.4, 0.5) is 0 Å². The SMILES string of the molecule is CCCn1cc(C(=O)N2CCCC(c3nnsc3-c3cc(C)no3)C2)c(C)n1. The molecule has 4 heterocycles. The van der Waals surface area contributed by atoms with Crippen LogP contribution in [0, 0.1) is 13.8 Å². The Morgan fingerprint density at radius 3 is 3.00 bits per heavy atom. The molecule has 8 nitrogen and oxygen atoms in total. The molecule has 148 valence electrons. The number of amides is 1. The highest BCUT2D eigenvalue weighted by Gasteiger charge is 2.31. The van der Waals surface area contributed by atoms with E-state index in [0.29, 0.717) is 17.9 Å². The van der Waals surface area contributed by atoms with Crippen LogP contribution in [0.5, 0.6) is 0 Å². The first-order chi connectivity index (χ1) is 13.6. The molecule has 1 amide bonds. The quantitative estimate of drug-likeness (QED) is 0.652. The molecule has 1 unspecified atom stereocenters. The third-order valence-electron chi connectivity index (χ3n) is 5.09. The van der Waals surface area contributed by atoms with Gasteiger partial charge in [-0.15, -0.1) is 5.10 Å². The minimum absolute atomic E-state index is 0.0461. The van der Waals surface area contributed by atoms with Gasteiger partial charge in [0, 0.05) is 37.8 Å². The summed E-state index contributed by atoms with van der Waals surface area (Å²) >= 11 is 1.32. The van der Waals surface area contributed by atoms with Gasteiger partial charge in [-0.1, -0.05) is 16.6 Å². The molecule has 1 atom stereocenters. The summed E-state index contributed by atoms with van der Waals surface area (Å²) in [6.07, 6.45) is 4.77. The molecule has 0 N–H and O–H groups in total. The second kappa shape index (κ2) is 7.83. The molecule has 1 fully saturated rings. The summed E-state index contributed by atoms with van der Waals surface area (Å²) in [4.78, 5) is 16.0. The standard InChI is InChI=1S/C19H24N6O2S/c1-4-7-25-11-15(13(3)21-25)19(26)24-8-5-6-14(10-24)17-18(28-23-20-17)16-9-12(2)22-27-16/h9,11,14H,4-8,10H2,1-3H3. The van der Waals surface area contributed by atoms with E-state index >= 15 is 0 Å². The van der Waals surface area contributed by atoms with Gasteiger partial charge in [-0.2, -0.15) is 5.10 Å². The molecule has 0 aromatic carbocycles. The lowest BCUT2D eigenvalue weighted by Gasteiger charge is -2.32. The number of nitrogens with zero attached hydrogens (tertiary/aromatic N) is 6. The van der Waals surface area contributed by atoms with Crippen LogP contribution >= 0.6 is 11.5 Å². The largest absolute Gasteiger partial charge is 0.355 e. The molecule has 0 radical (unpaired) electrons. The van der Waals surface area contributed by atoms with Crippen molar-refractivity contribution in [2.75, 3.05) is 13.1 Å². The third kappa shape index (κ3) is 3.58. The highest BCUT2D eigenvalue weighted by atomic mass is 32.1. The number of rotatable bonds is 5. The number of likely N-dealkylation sites (tertiary alicyclic amines) is 1. The van der Waals surface area contributed by atoms with Crippen LogP contribution in [0.2, 0.25) is 0 Å². The topological polar surface area (TPSA) is 89.9 Å². The first-order valence-corrected chi connectivity index (χ1v) is 10.4. The van der Waals surface area contributed by atoms with E-state index < -0.39 is 0 Å². The van der Waals surface area contributed by atoms with Crippen molar-refractivity contribution in [3.05, 3.63) is 34.9 Å². The molecule has 1 saturated heterocycles. The van der Waals surface area contributed by atoms with Crippen molar-refractivity contribution < 1.29 is 9.32 Å². The predicted molar refractivity (Wildman–Crippen MR) is 105 cm³/mol. The van der Waals surface area contributed by atoms with Crippen molar-refractivity contribution in [2.24, 2.45) is 0 Å². The lowest BCUT2D eigenvalue weighted by molar-refractivity contribution is 0.0705. The summed E-state index contributed by atoms with van der Waals surface area (Å²) in [7, 11) is 0. The number of piperidine rings is 1. The Morgan fingerprint density at radius 2 is 2.25 bits per heavy atom. The monoisotopic (exact) mass is 400 g/mol. The molecule has 0 spiro atoms. The molecular formula is C19H24N6O2S. The fraction of sp³-hybridized carbons (Fsp3) is 0.526. The Morgan fingerprint density at radius 1 is 1.39 bits per heavy atom. The molecule has 9 heteroatoms. The molecule has 1 aliphatic heterocycles. The molecule has 0 saturated carbocycles. The number of hydrogen-bond donors (Lipinski definition) is 0. The Kier molecular flexibility index (Phi) is 5.25. The van der Waals surface area contributed by atoms with Crippen LogP contribution in [-0.2, 0) is 6.54 Å². The fourth-order valence-corrected chi connectivity index (χ4v) is 4.43. The maximum absolute atomic E-state index is 13.1. The van der Waals surface area contributed by atoms with Crippen LogP contribution in [-0.4, -0.2) is 48.4 Å². The third-order valence-corrected chi connectivity index (χ3v) is 5.85. The Hall–Kier alpha value is -2.55. The van der Waals surface area contributed by atoms with E-state index in [2.05, 4.69) is 26.8 Å². The summed E-state index contributed by atoms with van der Waals surface area (Å²) < 4.78 is 11.4. The van der Waals surface area contributed by atoms with Crippen LogP contribution in [0.1, 0.15) is 59.5 Å². The van der Waals surface area contributed by atoms with Crippen molar-refractivity contribution in [2.45, 2.75) is 52.5 Å². The van der Waals surface area contributed by atoms with E-state index in [-0.39, 0.29) is 11.8 Å². The van der Waals surface area contributed by atoms with Gasteiger partial charge in [-0.25, -0.2) is 0 Å². The number of carbonyl (C=O) groups is 1. The predicted octanol–water partition coefficient (Wildman–Crippen LogP) is 3.44. The minimum atomic E-state index is 0.0461. The Labute approximate surface area is 167 Å². The van der Waals surface area contributed by atoms with Gasteiger partial charge in [0.1, 0.15) is 4.88 Å². The zero-order chi connectivity index (χ0) is 19.7. The Balaban J connectivity index is 1.54. The van der Waals surface area contributed by atoms with Crippen LogP contribution in [0.3, 0.4) is 0 Å². The van der Waals surface area contributed by atoms with Gasteiger partial charge in [0.05, 0.1) is 22.6 Å². The van der Waals surface area contributed by atoms with Gasteiger partial charge in [0.15, 0.2) is 5.76 Å². The second-order valence-corrected chi connectivity index (χ2v) is 8.06. The van der Waals surface area contributed by atoms with Crippen molar-refractivity contribution in [1.82, 2.24) is 29.4 Å². The fourth-order valence-electron chi connectivity index (χ4n) is 3.73. The van der Waals surface area contributed by atoms with Crippen molar-refractivity contribution in [1.29, 1.82) is 0 Å². The van der Waals surface area contributed by atoms with Gasteiger partial charge in [0.25, 0.3) is 5.91 Å². The van der Waals surface area contributed by atoms with E-state index in [4.69, 9.17) is 4.52 Å². The average Bonchev–Trinajstić information content (AvgIpc) is 3.41. The molecule has 3 aromatic heterocycles. The number of aromatic nitrogens is 5. The van der Waals surface area contributed by atoms with E-state index in [1.54, 1.807) is 0 Å². The van der Waals surface area contributed by atoms with Crippen molar-refractivity contribution >= 4 is 17.4 Å². The molecule has 0 bridgehead atoms. The molecular weight excluding hydrogens is 376 g/mol. The summed E-state index contributed by atoms with van der Waals surface area (Å²) in [5, 5.41) is 12.8. The number of hydrogen-bond acceptors (Lipinski definition) is 7. The zero-order valence-electron chi connectivity index (χ0n) is 16.4. The van der Waals surface area contributed by atoms with Crippen molar-refractivity contribution in [3.63, 3.8) is 0 Å². The smallest absolute Gasteiger partial charge is 0.257 e. The van der Waals surface area contributed by atoms with E-state index in [9.17, 15) is 4.79 Å². The first kappa shape index (κ1) is 18.8. The molecule has 0 aliphatic carbocycles. The van der Waals surface area contributed by atoms with Gasteiger partial charge in [0.2, 0.25) is 0 Å². The zero-order valence-corrected chi connectivity index (χ0v) is 17.2. The lowest BCUT2D eigenvalue weighted by atomic mass is 9.93. The Bertz CT molecular complexity index is 975. The highest BCUT2D eigenvalue weighted by Crippen LogP contribution is 2.35. The van der Waals surface area contributed by atoms with Crippen LogP contribution < -0.4 is 0 Å². The molecule has 4 rings (SSSR count). The first-order valence-electron chi connectivity index (χ1n) is 9.66. The summed E-state index contributed by atoms with van der Waals surface area (Å²) in [6.45, 7) is 8.09. The lowest BCUT2D eigenvalue weighted by Crippen LogP contribution is -2.39. The highest BCUT2D eigenvalue weighted by molar-refractivity contribution is 7.09. The van der Waals surface area contributed by atoms with E-state index in [1.807, 2.05) is 35.7 Å². The summed E-state index contributed by atoms with van der Waals surface area (Å²) in [5.41, 5.74) is 3.21. The maximum Gasteiger partial charge on any atom is 0.257 e. The maximum atomic E-state index is 13.1. The average molecular weight is 401 g/mol. The van der Waals surface area contributed by atoms with Gasteiger partial charge >= 0.3 is 0 Å². The van der Waals surface area contributed by atoms with Gasteiger partial charge < -0.3 is 9.42 Å². The number of carbonyl (C=O) groups excluding carboxylic acids is 1. The van der Waals surface area contributed by atoms with Gasteiger partial charge in [-0.3, -0.25) is 9.48 Å². The molecule has 1 aliphatic rings. The van der Waals surface area contributed by atoms with E-state index in [1.165, 1.54) is 11.5 Å². The van der Waals surface area contributed by atoms with Crippen LogP contribution in [0.15, 0.2) is 16.8 Å².